The molecule has 4 amide bonds. The number of hydrogen-bond donors (Lipinski definition) is 21. The molecule has 5 fully saturated rings. The van der Waals surface area contributed by atoms with E-state index in [1.807, 2.05) is 0 Å². The summed E-state index contributed by atoms with van der Waals surface area (Å²) >= 11 is 0. The first kappa shape index (κ1) is 66.6. The first-order chi connectivity index (χ1) is 37.3. The van der Waals surface area contributed by atoms with Gasteiger partial charge >= 0.3 is 0 Å². The molecule has 35 nitrogen and oxygen atoms in total. The Balaban J connectivity index is 1.30. The molecule has 5 heterocycles. The van der Waals surface area contributed by atoms with Gasteiger partial charge in [0.15, 0.2) is 31.5 Å². The summed E-state index contributed by atoms with van der Waals surface area (Å²) in [5.41, 5.74) is 0. The van der Waals surface area contributed by atoms with Gasteiger partial charge in [0, 0.05) is 27.7 Å². The summed E-state index contributed by atoms with van der Waals surface area (Å²) in [4.78, 5) is 48.7. The van der Waals surface area contributed by atoms with Crippen molar-refractivity contribution in [1.82, 2.24) is 21.3 Å². The average Bonchev–Trinajstić information content (AvgIpc) is 3.44. The second-order valence-electron chi connectivity index (χ2n) is 19.5. The van der Waals surface area contributed by atoms with Crippen LogP contribution in [0.1, 0.15) is 27.7 Å². The number of hydrogen-bond acceptors (Lipinski definition) is 31. The number of nitrogens with one attached hydrogen (secondary N) is 4. The van der Waals surface area contributed by atoms with Crippen molar-refractivity contribution in [3.8, 4) is 0 Å². The van der Waals surface area contributed by atoms with E-state index in [-0.39, 0.29) is 0 Å². The van der Waals surface area contributed by atoms with Crippen LogP contribution in [0.2, 0.25) is 0 Å². The van der Waals surface area contributed by atoms with Crippen molar-refractivity contribution in [1.29, 1.82) is 0 Å². The number of rotatable bonds is 24. The minimum absolute atomic E-state index is 0.724. The van der Waals surface area contributed by atoms with Crippen molar-refractivity contribution >= 4 is 23.6 Å². The molecular formula is C44H76N4O31. The number of carbonyl (C=O) groups excluding carboxylic acids is 4. The number of amides is 4. The predicted octanol–water partition coefficient (Wildman–Crippen LogP) is -13.9. The first-order valence-corrected chi connectivity index (χ1v) is 25.0. The van der Waals surface area contributed by atoms with E-state index in [0.29, 0.717) is 0 Å². The molecule has 29 atom stereocenters. The Morgan fingerprint density at radius 2 is 0.785 bits per heavy atom. The molecule has 35 heteroatoms. The van der Waals surface area contributed by atoms with Gasteiger partial charge in [-0.05, 0) is 0 Å². The maximum atomic E-state index is 12.5. The lowest BCUT2D eigenvalue weighted by molar-refractivity contribution is -0.368. The van der Waals surface area contributed by atoms with Crippen LogP contribution in [0, 0.1) is 0 Å². The Hall–Kier alpha value is -3.20. The molecule has 79 heavy (non-hydrogen) atoms. The van der Waals surface area contributed by atoms with Gasteiger partial charge in [0.1, 0.15) is 140 Å². The van der Waals surface area contributed by atoms with Crippen molar-refractivity contribution in [3.63, 3.8) is 0 Å². The summed E-state index contributed by atoms with van der Waals surface area (Å²) in [5.74, 6) is -3.12. The van der Waals surface area contributed by atoms with Crippen molar-refractivity contribution in [3.05, 3.63) is 0 Å². The van der Waals surface area contributed by atoms with Gasteiger partial charge in [0.25, 0.3) is 0 Å². The zero-order valence-electron chi connectivity index (χ0n) is 43.0. The molecule has 5 aliphatic heterocycles. The zero-order chi connectivity index (χ0) is 58.9. The van der Waals surface area contributed by atoms with Crippen LogP contribution < -0.4 is 21.3 Å². The van der Waals surface area contributed by atoms with Crippen LogP contribution in [0.15, 0.2) is 0 Å². The lowest BCUT2D eigenvalue weighted by Gasteiger charge is -2.49. The van der Waals surface area contributed by atoms with E-state index in [1.165, 1.54) is 0 Å². The fraction of sp³-hybridized carbons (Fsp3) is 0.909. The first-order valence-electron chi connectivity index (χ1n) is 25.0. The third-order valence-corrected chi connectivity index (χ3v) is 13.7. The van der Waals surface area contributed by atoms with Gasteiger partial charge in [-0.3, -0.25) is 19.2 Å². The molecular weight excluding hydrogens is 1080 g/mol. The summed E-state index contributed by atoms with van der Waals surface area (Å²) in [6, 6.07) is -6.47. The highest BCUT2D eigenvalue weighted by Gasteiger charge is 2.56. The summed E-state index contributed by atoms with van der Waals surface area (Å²) in [5, 5.41) is 192. The molecule has 0 radical (unpaired) electrons. The zero-order valence-corrected chi connectivity index (χ0v) is 43.0. The smallest absolute Gasteiger partial charge is 0.217 e. The number of ether oxygens (including phenoxy) is 10. The van der Waals surface area contributed by atoms with Crippen molar-refractivity contribution in [2.24, 2.45) is 0 Å². The van der Waals surface area contributed by atoms with E-state index in [1.54, 1.807) is 0 Å². The summed E-state index contributed by atoms with van der Waals surface area (Å²) in [6.45, 7) is -2.71. The second-order valence-corrected chi connectivity index (χ2v) is 19.5. The van der Waals surface area contributed by atoms with Crippen LogP contribution in [0.25, 0.3) is 0 Å². The number of carbonyl (C=O) groups is 4. The molecule has 0 aliphatic carbocycles. The highest BCUT2D eigenvalue weighted by atomic mass is 16.8. The molecule has 0 aromatic carbocycles. The standard InChI is InChI=1S/C44H76N4O31/c1-12(55)45-16(5-49)36(76-43-34(68)32(66)38(21(9-53)74-43)77-41-23(46-13(2)56)29(63)27(61)18(6-50)71-41)26(60)17(59)11-70-40-25(48-15(4)58)31(65)37(20(8-52)73-40)79-44-35(69)33(67)39(22(10-54)75-44)78-42-24(47-14(3)57)30(64)28(62)19(7-51)72-42/h16-44,49-54,59-69H,5-11H2,1-4H3,(H,45,55)(H,46,56)(H,47,57)(H,48,58)/t16-,17+,18+,19+,20+,21+,22+,23+,24+,25+,26+,27+,28+,29+,30+,31+,32+,33+,34+,35+,36+,37+,38-,39-,40+,41+,42+,43-,44-/m0/s1. The van der Waals surface area contributed by atoms with Gasteiger partial charge in [-0.2, -0.15) is 0 Å². The fourth-order valence-electron chi connectivity index (χ4n) is 9.64. The highest BCUT2D eigenvalue weighted by molar-refractivity contribution is 5.74. The van der Waals surface area contributed by atoms with Gasteiger partial charge in [-0.15, -0.1) is 0 Å². The van der Waals surface area contributed by atoms with E-state index >= 15 is 0 Å². The van der Waals surface area contributed by atoms with E-state index < -0.39 is 248 Å². The fourth-order valence-corrected chi connectivity index (χ4v) is 9.64. The van der Waals surface area contributed by atoms with Crippen molar-refractivity contribution < 1.29 is 153 Å². The molecule has 458 valence electrons. The van der Waals surface area contributed by atoms with Crippen LogP contribution in [-0.2, 0) is 66.5 Å². The van der Waals surface area contributed by atoms with Crippen molar-refractivity contribution in [2.45, 2.75) is 205 Å². The van der Waals surface area contributed by atoms with Gasteiger partial charge < -0.3 is 155 Å². The van der Waals surface area contributed by atoms with E-state index in [4.69, 9.17) is 47.4 Å². The molecule has 0 bridgehead atoms. The predicted molar refractivity (Wildman–Crippen MR) is 248 cm³/mol. The molecule has 0 spiro atoms. The number of aliphatic hydroxyl groups excluding tert-OH is 17. The maximum Gasteiger partial charge on any atom is 0.217 e. The van der Waals surface area contributed by atoms with Crippen LogP contribution in [0.5, 0.6) is 0 Å². The third-order valence-electron chi connectivity index (χ3n) is 13.7. The summed E-state index contributed by atoms with van der Waals surface area (Å²) < 4.78 is 57.2. The van der Waals surface area contributed by atoms with Crippen molar-refractivity contribution in [2.75, 3.05) is 46.2 Å². The molecule has 0 aromatic heterocycles. The molecule has 21 N–H and O–H groups in total. The monoisotopic (exact) mass is 1160 g/mol. The van der Waals surface area contributed by atoms with Gasteiger partial charge in [0.05, 0.1) is 52.3 Å². The van der Waals surface area contributed by atoms with Crippen LogP contribution in [0.3, 0.4) is 0 Å². The molecule has 5 aliphatic rings. The van der Waals surface area contributed by atoms with Gasteiger partial charge in [-0.25, -0.2) is 0 Å². The SMILES string of the molecule is CC(=O)N[C@H]1[C@H](OC[C@@H](O)[C@@H](O)[C@H](O[C@@H]2O[C@H](CO)[C@H](O[C@H]3O[C@H](CO)[C@@H](O)[C@H](O)[C@H]3NC(C)=O)[C@H](O)[C@H]2O)[C@H](CO)NC(C)=O)O[C@H](CO)[C@@H](O[C@@H]2O[C@H](CO)[C@H](O[C@H]3O[C@H](CO)[C@@H](O)[C@H](O)[C@H]3NC(C)=O)[C@H](O)[C@H]2O)[C@@H]1O. The Morgan fingerprint density at radius 1 is 0.430 bits per heavy atom. The maximum absolute atomic E-state index is 12.5. The quantitative estimate of drug-likeness (QED) is 0.0427. The van der Waals surface area contributed by atoms with Gasteiger partial charge in [-0.1, -0.05) is 0 Å². The summed E-state index contributed by atoms with van der Waals surface area (Å²) in [6.07, 6.45) is -47.1. The van der Waals surface area contributed by atoms with Crippen LogP contribution >= 0.6 is 0 Å². The number of aliphatic hydroxyl groups is 17. The van der Waals surface area contributed by atoms with E-state index in [0.717, 1.165) is 27.7 Å². The average molecular weight is 1160 g/mol. The second kappa shape index (κ2) is 29.9. The molecule has 5 rings (SSSR count). The minimum atomic E-state index is -2.30. The largest absolute Gasteiger partial charge is 0.394 e. The lowest BCUT2D eigenvalue weighted by atomic mass is 9.94. The molecule has 5 saturated heterocycles. The molecule has 0 unspecified atom stereocenters. The van der Waals surface area contributed by atoms with E-state index in [2.05, 4.69) is 21.3 Å². The van der Waals surface area contributed by atoms with Crippen LogP contribution in [0.4, 0.5) is 0 Å². The molecule has 0 aromatic rings. The third kappa shape index (κ3) is 15.9. The summed E-state index contributed by atoms with van der Waals surface area (Å²) in [7, 11) is 0. The Bertz CT molecular complexity index is 1940. The lowest BCUT2D eigenvalue weighted by Crippen LogP contribution is -2.69. The molecule has 0 saturated carbocycles. The highest BCUT2D eigenvalue weighted by Crippen LogP contribution is 2.35. The van der Waals surface area contributed by atoms with Crippen LogP contribution in [-0.4, -0.2) is 334 Å². The van der Waals surface area contributed by atoms with Gasteiger partial charge in [0.2, 0.25) is 23.6 Å². The topological polar surface area (TPSA) is 553 Å². The Kier molecular flexibility index (Phi) is 25.2. The Morgan fingerprint density at radius 3 is 1.18 bits per heavy atom. The Labute approximate surface area is 449 Å². The van der Waals surface area contributed by atoms with E-state index in [9.17, 15) is 106 Å². The minimum Gasteiger partial charge on any atom is -0.394 e. The normalized spacial score (nSPS) is 42.5.